The highest BCUT2D eigenvalue weighted by Gasteiger charge is 2.29. The van der Waals surface area contributed by atoms with Crippen molar-refractivity contribution in [2.45, 2.75) is 31.2 Å². The summed E-state index contributed by atoms with van der Waals surface area (Å²) in [5, 5.41) is 0. The van der Waals surface area contributed by atoms with Crippen molar-refractivity contribution in [3.8, 4) is 0 Å². The number of methoxy groups -OCH3 is 1. The summed E-state index contributed by atoms with van der Waals surface area (Å²) < 4.78 is 31.5. The Morgan fingerprint density at radius 2 is 2.00 bits per heavy atom. The van der Waals surface area contributed by atoms with Crippen molar-refractivity contribution < 1.29 is 17.9 Å². The van der Waals surface area contributed by atoms with Crippen molar-refractivity contribution in [1.82, 2.24) is 4.72 Å². The molecule has 8 heteroatoms. The lowest BCUT2D eigenvalue weighted by atomic mass is 10.1. The second kappa shape index (κ2) is 5.16. The second-order valence-corrected chi connectivity index (χ2v) is 7.93. The Bertz CT molecular complexity index is 557. The molecule has 0 radical (unpaired) electrons. The van der Waals surface area contributed by atoms with Crippen molar-refractivity contribution in [1.29, 1.82) is 0 Å². The van der Waals surface area contributed by atoms with Crippen LogP contribution in [0.25, 0.3) is 0 Å². The summed E-state index contributed by atoms with van der Waals surface area (Å²) in [6.45, 7) is 5.11. The lowest BCUT2D eigenvalue weighted by molar-refractivity contribution is 0.0602. The molecule has 0 aliphatic rings. The van der Waals surface area contributed by atoms with Crippen LogP contribution in [0, 0.1) is 0 Å². The highest BCUT2D eigenvalue weighted by molar-refractivity contribution is 7.89. The third-order valence-electron chi connectivity index (χ3n) is 1.77. The topological polar surface area (TPSA) is 72.5 Å². The molecule has 102 valence electrons. The van der Waals surface area contributed by atoms with Gasteiger partial charge >= 0.3 is 5.97 Å². The van der Waals surface area contributed by atoms with Crippen molar-refractivity contribution in [3.05, 3.63) is 15.3 Å². The Morgan fingerprint density at radius 3 is 2.44 bits per heavy atom. The normalized spacial score (nSPS) is 12.5. The van der Waals surface area contributed by atoms with Gasteiger partial charge in [-0.25, -0.2) is 17.9 Å². The van der Waals surface area contributed by atoms with Gasteiger partial charge in [0.05, 0.1) is 11.4 Å². The number of hydrogen-bond acceptors (Lipinski definition) is 5. The van der Waals surface area contributed by atoms with Gasteiger partial charge in [0, 0.05) is 5.54 Å². The van der Waals surface area contributed by atoms with Gasteiger partial charge in [0.15, 0.2) is 0 Å². The fourth-order valence-electron chi connectivity index (χ4n) is 1.24. The molecule has 1 aromatic heterocycles. The summed E-state index contributed by atoms with van der Waals surface area (Å²) in [5.74, 6) is -0.721. The van der Waals surface area contributed by atoms with E-state index in [1.54, 1.807) is 20.8 Å². The summed E-state index contributed by atoms with van der Waals surface area (Å²) in [6, 6.07) is 1.24. The molecule has 1 heterocycles. The Morgan fingerprint density at radius 1 is 1.44 bits per heavy atom. The van der Waals surface area contributed by atoms with Crippen LogP contribution in [0.1, 0.15) is 30.4 Å². The number of sulfonamides is 1. The number of ether oxygens (including phenoxy) is 1. The molecular formula is C10H14ClNO4S2. The van der Waals surface area contributed by atoms with E-state index in [1.165, 1.54) is 13.2 Å². The lowest BCUT2D eigenvalue weighted by Gasteiger charge is -2.20. The van der Waals surface area contributed by atoms with Gasteiger partial charge in [-0.15, -0.1) is 11.3 Å². The quantitative estimate of drug-likeness (QED) is 0.869. The molecule has 0 aliphatic carbocycles. The van der Waals surface area contributed by atoms with Crippen LogP contribution in [0.4, 0.5) is 0 Å². The third kappa shape index (κ3) is 3.68. The monoisotopic (exact) mass is 311 g/mol. The summed E-state index contributed by atoms with van der Waals surface area (Å²) >= 11 is 6.63. The fourth-order valence-corrected chi connectivity index (χ4v) is 4.39. The number of carbonyl (C=O) groups excluding carboxylic acids is 1. The van der Waals surface area contributed by atoms with Crippen LogP contribution >= 0.6 is 22.9 Å². The van der Waals surface area contributed by atoms with Crippen LogP contribution in [0.2, 0.25) is 4.34 Å². The van der Waals surface area contributed by atoms with Gasteiger partial charge in [0.25, 0.3) is 0 Å². The average Bonchev–Trinajstić information content (AvgIpc) is 2.56. The third-order valence-corrected chi connectivity index (χ3v) is 4.92. The van der Waals surface area contributed by atoms with Gasteiger partial charge in [0.1, 0.15) is 9.77 Å². The molecule has 0 atom stereocenters. The molecule has 0 amide bonds. The first-order valence-corrected chi connectivity index (χ1v) is 7.66. The zero-order chi connectivity index (χ0) is 14.1. The van der Waals surface area contributed by atoms with Crippen LogP contribution in [0.3, 0.4) is 0 Å². The minimum absolute atomic E-state index is 0.0285. The van der Waals surface area contributed by atoms with Gasteiger partial charge in [0.2, 0.25) is 10.0 Å². The van der Waals surface area contributed by atoms with Gasteiger partial charge < -0.3 is 4.74 Å². The predicted molar refractivity (Wildman–Crippen MR) is 70.7 cm³/mol. The highest BCUT2D eigenvalue weighted by atomic mass is 35.5. The minimum atomic E-state index is -3.81. The zero-order valence-corrected chi connectivity index (χ0v) is 12.8. The van der Waals surface area contributed by atoms with E-state index >= 15 is 0 Å². The molecule has 5 nitrogen and oxygen atoms in total. The van der Waals surface area contributed by atoms with E-state index in [0.717, 1.165) is 11.3 Å². The molecule has 1 rings (SSSR count). The molecule has 0 spiro atoms. The molecule has 0 unspecified atom stereocenters. The maximum Gasteiger partial charge on any atom is 0.349 e. The van der Waals surface area contributed by atoms with Crippen molar-refractivity contribution >= 4 is 38.9 Å². The number of carbonyl (C=O) groups is 1. The largest absolute Gasteiger partial charge is 0.465 e. The Balaban J connectivity index is 3.29. The molecule has 1 aromatic rings. The van der Waals surface area contributed by atoms with E-state index in [1.807, 2.05) is 0 Å². The molecule has 18 heavy (non-hydrogen) atoms. The zero-order valence-electron chi connectivity index (χ0n) is 10.4. The molecule has 0 aliphatic heterocycles. The maximum absolute atomic E-state index is 12.1. The summed E-state index contributed by atoms with van der Waals surface area (Å²) in [4.78, 5) is 11.3. The number of halogens is 1. The molecule has 0 fully saturated rings. The number of hydrogen-bond donors (Lipinski definition) is 1. The number of nitrogens with one attached hydrogen (secondary N) is 1. The van der Waals surface area contributed by atoms with Crippen LogP contribution < -0.4 is 4.72 Å². The fraction of sp³-hybridized carbons (Fsp3) is 0.500. The Labute approximate surface area is 115 Å². The van der Waals surface area contributed by atoms with Crippen LogP contribution in [0.15, 0.2) is 11.0 Å². The SMILES string of the molecule is COC(=O)c1sc(Cl)cc1S(=O)(=O)NC(C)(C)C. The van der Waals surface area contributed by atoms with Crippen molar-refractivity contribution in [3.63, 3.8) is 0 Å². The number of rotatable bonds is 3. The molecule has 0 saturated carbocycles. The molecule has 1 N–H and O–H groups in total. The number of esters is 1. The minimum Gasteiger partial charge on any atom is -0.465 e. The maximum atomic E-state index is 12.1. The summed E-state index contributed by atoms with van der Waals surface area (Å²) in [5.41, 5.74) is -0.652. The lowest BCUT2D eigenvalue weighted by Crippen LogP contribution is -2.40. The first kappa shape index (κ1) is 15.4. The van der Waals surface area contributed by atoms with Gasteiger partial charge in [-0.1, -0.05) is 11.6 Å². The summed E-state index contributed by atoms with van der Waals surface area (Å²) in [7, 11) is -2.62. The smallest absolute Gasteiger partial charge is 0.349 e. The van der Waals surface area contributed by atoms with E-state index in [2.05, 4.69) is 9.46 Å². The Kier molecular flexibility index (Phi) is 4.42. The van der Waals surface area contributed by atoms with Crippen LogP contribution in [0.5, 0.6) is 0 Å². The predicted octanol–water partition coefficient (Wildman–Crippen LogP) is 2.26. The van der Waals surface area contributed by atoms with E-state index in [9.17, 15) is 13.2 Å². The molecule has 0 bridgehead atoms. The van der Waals surface area contributed by atoms with Crippen molar-refractivity contribution in [2.75, 3.05) is 7.11 Å². The van der Waals surface area contributed by atoms with Gasteiger partial charge in [-0.05, 0) is 26.8 Å². The van der Waals surface area contributed by atoms with Crippen LogP contribution in [-0.2, 0) is 14.8 Å². The first-order valence-electron chi connectivity index (χ1n) is 4.98. The van der Waals surface area contributed by atoms with E-state index in [-0.39, 0.29) is 14.1 Å². The number of thiophene rings is 1. The van der Waals surface area contributed by atoms with Gasteiger partial charge in [-0.3, -0.25) is 0 Å². The molecular weight excluding hydrogens is 298 g/mol. The van der Waals surface area contributed by atoms with E-state index < -0.39 is 21.5 Å². The van der Waals surface area contributed by atoms with E-state index in [0.29, 0.717) is 0 Å². The summed E-state index contributed by atoms with van der Waals surface area (Å²) in [6.07, 6.45) is 0. The van der Waals surface area contributed by atoms with Crippen molar-refractivity contribution in [2.24, 2.45) is 0 Å². The Hall–Kier alpha value is -0.630. The highest BCUT2D eigenvalue weighted by Crippen LogP contribution is 2.31. The second-order valence-electron chi connectivity index (χ2n) is 4.59. The first-order chi connectivity index (χ1) is 8.07. The van der Waals surface area contributed by atoms with Crippen LogP contribution in [-0.4, -0.2) is 27.0 Å². The molecule has 0 saturated heterocycles. The molecule has 0 aromatic carbocycles. The average molecular weight is 312 g/mol. The standard InChI is InChI=1S/C10H14ClNO4S2/c1-10(2,3)12-18(14,15)6-5-7(11)17-8(6)9(13)16-4/h5,12H,1-4H3. The van der Waals surface area contributed by atoms with E-state index in [4.69, 9.17) is 11.6 Å². The van der Waals surface area contributed by atoms with Gasteiger partial charge in [-0.2, -0.15) is 0 Å².